The molecule has 10 nitrogen and oxygen atoms in total. The van der Waals surface area contributed by atoms with Crippen LogP contribution in [-0.4, -0.2) is 55.9 Å². The zero-order chi connectivity index (χ0) is 21.0. The van der Waals surface area contributed by atoms with Crippen molar-refractivity contribution in [3.8, 4) is 0 Å². The molecule has 2 aromatic rings. The molecule has 5 N–H and O–H groups in total. The molecule has 4 atom stereocenters. The number of carbonyl (C=O) groups is 2. The van der Waals surface area contributed by atoms with Crippen LogP contribution in [-0.2, 0) is 11.2 Å². The highest BCUT2D eigenvalue weighted by molar-refractivity contribution is 5.83. The average Bonchev–Trinajstić information content (AvgIpc) is 3.37. The van der Waals surface area contributed by atoms with Crippen molar-refractivity contribution in [1.29, 1.82) is 0 Å². The fourth-order valence-electron chi connectivity index (χ4n) is 3.29. The molecule has 156 valence electrons. The van der Waals surface area contributed by atoms with Crippen LogP contribution in [0.3, 0.4) is 0 Å². The van der Waals surface area contributed by atoms with Crippen LogP contribution in [0.25, 0.3) is 0 Å². The van der Waals surface area contributed by atoms with E-state index in [-0.39, 0.29) is 11.7 Å². The van der Waals surface area contributed by atoms with E-state index in [0.717, 1.165) is 5.56 Å². The summed E-state index contributed by atoms with van der Waals surface area (Å²) in [5.74, 6) is -0.758. The highest BCUT2D eigenvalue weighted by Gasteiger charge is 2.35. The molecule has 2 unspecified atom stereocenters. The van der Waals surface area contributed by atoms with Crippen molar-refractivity contribution in [2.24, 2.45) is 5.73 Å². The molecule has 1 aromatic heterocycles. The van der Waals surface area contributed by atoms with Crippen molar-refractivity contribution in [2.75, 3.05) is 6.54 Å². The quantitative estimate of drug-likeness (QED) is 0.533. The van der Waals surface area contributed by atoms with Crippen LogP contribution >= 0.6 is 0 Å². The lowest BCUT2D eigenvalue weighted by Crippen LogP contribution is -2.47. The van der Waals surface area contributed by atoms with Gasteiger partial charge in [0.1, 0.15) is 12.1 Å². The highest BCUT2D eigenvalue weighted by atomic mass is 16.5. The maximum Gasteiger partial charge on any atom is 0.326 e. The van der Waals surface area contributed by atoms with Crippen LogP contribution in [0, 0.1) is 0 Å². The van der Waals surface area contributed by atoms with Gasteiger partial charge < -0.3 is 30.7 Å². The van der Waals surface area contributed by atoms with E-state index in [1.54, 1.807) is 0 Å². The summed E-state index contributed by atoms with van der Waals surface area (Å²) in [5.41, 5.74) is 6.78. The van der Waals surface area contributed by atoms with Crippen LogP contribution < -0.4 is 11.1 Å². The third-order valence-corrected chi connectivity index (χ3v) is 4.95. The third-order valence-electron chi connectivity index (χ3n) is 4.95. The van der Waals surface area contributed by atoms with Gasteiger partial charge in [0.2, 0.25) is 5.89 Å². The monoisotopic (exact) mass is 403 g/mol. The number of aliphatic hydroxyl groups excluding tert-OH is 1. The number of carbonyl (C=O) groups excluding carboxylic acids is 1. The number of hydrogen-bond acceptors (Lipinski definition) is 7. The Morgan fingerprint density at radius 2 is 2.10 bits per heavy atom. The number of aromatic nitrogens is 2. The topological polar surface area (TPSA) is 155 Å². The molecule has 1 aliphatic heterocycles. The normalized spacial score (nSPS) is 19.6. The Hall–Kier alpha value is -2.98. The number of benzene rings is 1. The lowest BCUT2D eigenvalue weighted by Gasteiger charge is -2.24. The number of hydrogen-bond donors (Lipinski definition) is 4. The van der Waals surface area contributed by atoms with Crippen LogP contribution in [0.15, 0.2) is 34.9 Å². The summed E-state index contributed by atoms with van der Waals surface area (Å²) in [7, 11) is 0. The van der Waals surface area contributed by atoms with Gasteiger partial charge in [-0.1, -0.05) is 35.5 Å². The largest absolute Gasteiger partial charge is 0.480 e. The Balaban J connectivity index is 1.82. The minimum atomic E-state index is -1.03. The van der Waals surface area contributed by atoms with E-state index in [1.165, 1.54) is 11.8 Å². The average molecular weight is 403 g/mol. The molecule has 1 saturated heterocycles. The third kappa shape index (κ3) is 4.90. The minimum Gasteiger partial charge on any atom is -0.480 e. The molecule has 29 heavy (non-hydrogen) atoms. The number of amides is 2. The second-order valence-corrected chi connectivity index (χ2v) is 7.14. The summed E-state index contributed by atoms with van der Waals surface area (Å²) in [6.45, 7) is 1.88. The van der Waals surface area contributed by atoms with Crippen molar-refractivity contribution in [3.05, 3.63) is 47.6 Å². The molecule has 0 bridgehead atoms. The van der Waals surface area contributed by atoms with Gasteiger partial charge in [-0.05, 0) is 25.3 Å². The van der Waals surface area contributed by atoms with Crippen molar-refractivity contribution in [1.82, 2.24) is 20.4 Å². The van der Waals surface area contributed by atoms with Gasteiger partial charge in [-0.3, -0.25) is 0 Å². The lowest BCUT2D eigenvalue weighted by atomic mass is 10.1. The summed E-state index contributed by atoms with van der Waals surface area (Å²) in [5, 5.41) is 25.6. The van der Waals surface area contributed by atoms with E-state index in [9.17, 15) is 19.8 Å². The van der Waals surface area contributed by atoms with E-state index in [2.05, 4.69) is 15.5 Å². The van der Waals surface area contributed by atoms with Gasteiger partial charge in [-0.2, -0.15) is 4.98 Å². The van der Waals surface area contributed by atoms with Gasteiger partial charge in [0.25, 0.3) is 0 Å². The molecule has 0 spiro atoms. The number of rotatable bonds is 7. The molecule has 2 heterocycles. The Bertz CT molecular complexity index is 841. The zero-order valence-electron chi connectivity index (χ0n) is 16.1. The lowest BCUT2D eigenvalue weighted by molar-refractivity contribution is -0.141. The Morgan fingerprint density at radius 1 is 1.38 bits per heavy atom. The molecule has 0 radical (unpaired) electrons. The van der Waals surface area contributed by atoms with Gasteiger partial charge in [0.15, 0.2) is 5.82 Å². The van der Waals surface area contributed by atoms with Crippen LogP contribution in [0.4, 0.5) is 4.79 Å². The maximum absolute atomic E-state index is 12.8. The predicted molar refractivity (Wildman–Crippen MR) is 102 cm³/mol. The molecule has 3 rings (SSSR count). The maximum atomic E-state index is 12.8. The first-order valence-electron chi connectivity index (χ1n) is 9.48. The first-order chi connectivity index (χ1) is 13.9. The Kier molecular flexibility index (Phi) is 6.45. The fraction of sp³-hybridized carbons (Fsp3) is 0.474. The van der Waals surface area contributed by atoms with E-state index < -0.39 is 36.2 Å². The predicted octanol–water partition coefficient (Wildman–Crippen LogP) is 0.993. The standard InChI is InChI=1S/C19H25N5O5/c1-11(25)15(20)16-22-17(29-23-16)13(10-12-6-3-2-4-7-12)21-19(28)24-9-5-8-14(24)18(26)27/h2-4,6-7,11,13-15,25H,5,8-10,20H2,1H3,(H,21,28)(H,26,27)/t11?,13-,14?,15-/m0/s1. The summed E-state index contributed by atoms with van der Waals surface area (Å²) in [4.78, 5) is 29.7. The van der Waals surface area contributed by atoms with E-state index in [0.29, 0.717) is 25.8 Å². The molecular weight excluding hydrogens is 378 g/mol. The number of nitrogens with zero attached hydrogens (tertiary/aromatic N) is 3. The number of likely N-dealkylation sites (tertiary alicyclic amines) is 1. The van der Waals surface area contributed by atoms with Gasteiger partial charge in [0.05, 0.1) is 12.1 Å². The highest BCUT2D eigenvalue weighted by Crippen LogP contribution is 2.22. The summed E-state index contributed by atoms with van der Waals surface area (Å²) < 4.78 is 5.31. The van der Waals surface area contributed by atoms with Crippen molar-refractivity contribution < 1.29 is 24.3 Å². The number of nitrogens with two attached hydrogens (primary N) is 1. The number of aliphatic carboxylic acids is 1. The van der Waals surface area contributed by atoms with Gasteiger partial charge in [-0.15, -0.1) is 0 Å². The van der Waals surface area contributed by atoms with Gasteiger partial charge in [0, 0.05) is 13.0 Å². The number of nitrogens with one attached hydrogen (secondary N) is 1. The molecule has 10 heteroatoms. The molecule has 1 aromatic carbocycles. The molecule has 1 fully saturated rings. The number of carboxylic acids is 1. The van der Waals surface area contributed by atoms with Crippen molar-refractivity contribution >= 4 is 12.0 Å². The van der Waals surface area contributed by atoms with Gasteiger partial charge in [-0.25, -0.2) is 9.59 Å². The molecule has 1 aliphatic rings. The van der Waals surface area contributed by atoms with Crippen molar-refractivity contribution in [3.63, 3.8) is 0 Å². The second kappa shape index (κ2) is 9.01. The number of aliphatic hydroxyl groups is 1. The van der Waals surface area contributed by atoms with E-state index >= 15 is 0 Å². The van der Waals surface area contributed by atoms with Crippen LogP contribution in [0.2, 0.25) is 0 Å². The Morgan fingerprint density at radius 3 is 2.76 bits per heavy atom. The number of carboxylic acid groups (broad SMARTS) is 1. The SMILES string of the molecule is CC(O)[C@H](N)c1noc([C@H](Cc2ccccc2)NC(=O)N2CCCC2C(=O)O)n1. The second-order valence-electron chi connectivity index (χ2n) is 7.14. The number of urea groups is 1. The van der Waals surface area contributed by atoms with E-state index in [4.69, 9.17) is 10.3 Å². The zero-order valence-corrected chi connectivity index (χ0v) is 16.1. The summed E-state index contributed by atoms with van der Waals surface area (Å²) in [6, 6.07) is 6.56. The van der Waals surface area contributed by atoms with Crippen molar-refractivity contribution in [2.45, 2.75) is 50.4 Å². The Labute approximate surface area is 167 Å². The first-order valence-corrected chi connectivity index (χ1v) is 9.48. The van der Waals surface area contributed by atoms with Crippen LogP contribution in [0.1, 0.15) is 49.1 Å². The van der Waals surface area contributed by atoms with E-state index in [1.807, 2.05) is 30.3 Å². The van der Waals surface area contributed by atoms with Crippen LogP contribution in [0.5, 0.6) is 0 Å². The molecule has 2 amide bonds. The smallest absolute Gasteiger partial charge is 0.326 e. The molecular formula is C19H25N5O5. The summed E-state index contributed by atoms with van der Waals surface area (Å²) in [6.07, 6.45) is 0.536. The first kappa shape index (κ1) is 20.7. The van der Waals surface area contributed by atoms with Gasteiger partial charge >= 0.3 is 12.0 Å². The molecule has 0 saturated carbocycles. The minimum absolute atomic E-state index is 0.131. The fourth-order valence-corrected chi connectivity index (χ4v) is 3.29. The molecule has 0 aliphatic carbocycles. The summed E-state index contributed by atoms with van der Waals surface area (Å²) >= 11 is 0.